The molecule has 0 aliphatic rings. The van der Waals surface area contributed by atoms with Gasteiger partial charge in [0.25, 0.3) is 0 Å². The maximum absolute atomic E-state index is 13.2. The van der Waals surface area contributed by atoms with E-state index in [4.69, 9.17) is 9.84 Å². The average molecular weight is 282 g/mol. The number of methoxy groups -OCH3 is 1. The topological polar surface area (TPSA) is 46.5 Å². The Kier molecular flexibility index (Phi) is 3.65. The van der Waals surface area contributed by atoms with Gasteiger partial charge in [-0.1, -0.05) is 0 Å². The van der Waals surface area contributed by atoms with Gasteiger partial charge in [-0.25, -0.2) is 18.0 Å². The molecule has 6 heteroatoms. The van der Waals surface area contributed by atoms with Gasteiger partial charge in [-0.05, 0) is 35.9 Å². The van der Waals surface area contributed by atoms with Gasteiger partial charge in [-0.3, -0.25) is 0 Å². The fourth-order valence-electron chi connectivity index (χ4n) is 1.78. The first-order valence-corrected chi connectivity index (χ1v) is 5.50. The quantitative estimate of drug-likeness (QED) is 0.877. The van der Waals surface area contributed by atoms with Crippen LogP contribution in [0.2, 0.25) is 0 Å². The minimum atomic E-state index is -1.58. The van der Waals surface area contributed by atoms with Crippen LogP contribution in [0.25, 0.3) is 11.1 Å². The van der Waals surface area contributed by atoms with E-state index in [0.717, 1.165) is 12.1 Å². The monoisotopic (exact) mass is 282 g/mol. The van der Waals surface area contributed by atoms with E-state index in [0.29, 0.717) is 0 Å². The number of halogens is 3. The summed E-state index contributed by atoms with van der Waals surface area (Å²) in [6.45, 7) is 0. The summed E-state index contributed by atoms with van der Waals surface area (Å²) >= 11 is 0. The summed E-state index contributed by atoms with van der Waals surface area (Å²) < 4.78 is 44.5. The highest BCUT2D eigenvalue weighted by Gasteiger charge is 2.16. The second-order valence-electron chi connectivity index (χ2n) is 3.97. The van der Waals surface area contributed by atoms with E-state index < -0.39 is 23.4 Å². The molecule has 0 aliphatic heterocycles. The molecule has 0 radical (unpaired) electrons. The van der Waals surface area contributed by atoms with Crippen molar-refractivity contribution in [3.05, 3.63) is 53.3 Å². The molecule has 0 unspecified atom stereocenters. The smallest absolute Gasteiger partial charge is 0.335 e. The van der Waals surface area contributed by atoms with E-state index >= 15 is 0 Å². The Hall–Kier alpha value is -2.50. The van der Waals surface area contributed by atoms with Gasteiger partial charge in [-0.2, -0.15) is 0 Å². The fourth-order valence-corrected chi connectivity index (χ4v) is 1.78. The summed E-state index contributed by atoms with van der Waals surface area (Å²) in [5.74, 6) is -5.27. The maximum Gasteiger partial charge on any atom is 0.335 e. The molecule has 2 aromatic carbocycles. The summed E-state index contributed by atoms with van der Waals surface area (Å²) in [6, 6.07) is 5.41. The molecule has 0 atom stereocenters. The molecule has 0 spiro atoms. The number of hydrogen-bond acceptors (Lipinski definition) is 2. The molecule has 0 saturated heterocycles. The molecular weight excluding hydrogens is 273 g/mol. The largest absolute Gasteiger partial charge is 0.496 e. The zero-order chi connectivity index (χ0) is 14.9. The maximum atomic E-state index is 13.2. The van der Waals surface area contributed by atoms with Gasteiger partial charge < -0.3 is 9.84 Å². The van der Waals surface area contributed by atoms with E-state index in [1.54, 1.807) is 0 Å². The highest BCUT2D eigenvalue weighted by atomic mass is 19.2. The minimum Gasteiger partial charge on any atom is -0.496 e. The Balaban J connectivity index is 2.67. The van der Waals surface area contributed by atoms with Crippen molar-refractivity contribution in [1.82, 2.24) is 0 Å². The van der Waals surface area contributed by atoms with Gasteiger partial charge in [0.1, 0.15) is 5.75 Å². The van der Waals surface area contributed by atoms with Crippen LogP contribution in [-0.4, -0.2) is 18.2 Å². The summed E-state index contributed by atoms with van der Waals surface area (Å²) in [5.41, 5.74) is 0.0671. The fraction of sp³-hybridized carbons (Fsp3) is 0.0714. The lowest BCUT2D eigenvalue weighted by atomic mass is 10.0. The zero-order valence-electron chi connectivity index (χ0n) is 10.3. The SMILES string of the molecule is COc1ccc(C(=O)O)cc1-c1cc(F)c(F)c(F)c1. The molecule has 104 valence electrons. The van der Waals surface area contributed by atoms with E-state index in [1.165, 1.54) is 25.3 Å². The average Bonchev–Trinajstić information content (AvgIpc) is 2.43. The first-order valence-electron chi connectivity index (χ1n) is 5.50. The number of benzene rings is 2. The molecule has 20 heavy (non-hydrogen) atoms. The van der Waals surface area contributed by atoms with Crippen LogP contribution in [0.3, 0.4) is 0 Å². The third kappa shape index (κ3) is 2.45. The van der Waals surface area contributed by atoms with Crippen molar-refractivity contribution in [1.29, 1.82) is 0 Å². The van der Waals surface area contributed by atoms with Crippen LogP contribution in [0, 0.1) is 17.5 Å². The van der Waals surface area contributed by atoms with Crippen LogP contribution in [0.1, 0.15) is 10.4 Å². The molecule has 0 bridgehead atoms. The zero-order valence-corrected chi connectivity index (χ0v) is 10.3. The summed E-state index contributed by atoms with van der Waals surface area (Å²) in [6.07, 6.45) is 0. The molecule has 0 aromatic heterocycles. The van der Waals surface area contributed by atoms with Crippen molar-refractivity contribution in [2.75, 3.05) is 7.11 Å². The van der Waals surface area contributed by atoms with Gasteiger partial charge in [-0.15, -0.1) is 0 Å². The highest BCUT2D eigenvalue weighted by molar-refractivity contribution is 5.90. The van der Waals surface area contributed by atoms with Crippen molar-refractivity contribution in [2.24, 2.45) is 0 Å². The van der Waals surface area contributed by atoms with Crippen LogP contribution in [0.4, 0.5) is 13.2 Å². The molecule has 0 aliphatic carbocycles. The predicted octanol–water partition coefficient (Wildman–Crippen LogP) is 3.48. The summed E-state index contributed by atoms with van der Waals surface area (Å²) in [5, 5.41) is 8.92. The van der Waals surface area contributed by atoms with Crippen molar-refractivity contribution < 1.29 is 27.8 Å². The van der Waals surface area contributed by atoms with Crippen LogP contribution in [-0.2, 0) is 0 Å². The van der Waals surface area contributed by atoms with Gasteiger partial charge in [0.15, 0.2) is 17.5 Å². The number of ether oxygens (including phenoxy) is 1. The molecule has 2 aromatic rings. The lowest BCUT2D eigenvalue weighted by Gasteiger charge is -2.10. The first-order chi connectivity index (χ1) is 9.43. The molecular formula is C14H9F3O3. The number of carbonyl (C=O) groups is 1. The molecule has 2 rings (SSSR count). The van der Waals surface area contributed by atoms with E-state index in [2.05, 4.69) is 0 Å². The normalized spacial score (nSPS) is 10.4. The Morgan fingerprint density at radius 2 is 1.70 bits per heavy atom. The number of carboxylic acids is 1. The molecule has 3 nitrogen and oxygen atoms in total. The van der Waals surface area contributed by atoms with Crippen LogP contribution in [0.5, 0.6) is 5.75 Å². The number of hydrogen-bond donors (Lipinski definition) is 1. The molecule has 0 fully saturated rings. The van der Waals surface area contributed by atoms with E-state index in [9.17, 15) is 18.0 Å². The van der Waals surface area contributed by atoms with E-state index in [-0.39, 0.29) is 22.4 Å². The Morgan fingerprint density at radius 1 is 1.10 bits per heavy atom. The standard InChI is InChI=1S/C14H9F3O3/c1-20-12-3-2-7(14(18)19)4-9(12)8-5-10(15)13(17)11(16)6-8/h2-6H,1H3,(H,18,19). The number of carboxylic acid groups (broad SMARTS) is 1. The van der Waals surface area contributed by atoms with Crippen LogP contribution >= 0.6 is 0 Å². The molecule has 0 heterocycles. The van der Waals surface area contributed by atoms with Gasteiger partial charge in [0.2, 0.25) is 0 Å². The second kappa shape index (κ2) is 5.24. The van der Waals surface area contributed by atoms with Gasteiger partial charge >= 0.3 is 5.97 Å². The lowest BCUT2D eigenvalue weighted by Crippen LogP contribution is -1.99. The second-order valence-corrected chi connectivity index (χ2v) is 3.97. The minimum absolute atomic E-state index is 0.0126. The van der Waals surface area contributed by atoms with Crippen molar-refractivity contribution in [2.45, 2.75) is 0 Å². The Morgan fingerprint density at radius 3 is 2.20 bits per heavy atom. The number of aromatic carboxylic acids is 1. The van der Waals surface area contributed by atoms with Crippen molar-refractivity contribution >= 4 is 5.97 Å². The summed E-state index contributed by atoms with van der Waals surface area (Å²) in [7, 11) is 1.33. The Labute approximate surface area is 112 Å². The van der Waals surface area contributed by atoms with Crippen LogP contribution in [0.15, 0.2) is 30.3 Å². The molecule has 0 amide bonds. The van der Waals surface area contributed by atoms with Crippen molar-refractivity contribution in [3.63, 3.8) is 0 Å². The lowest BCUT2D eigenvalue weighted by molar-refractivity contribution is 0.0697. The van der Waals surface area contributed by atoms with E-state index in [1.807, 2.05) is 0 Å². The van der Waals surface area contributed by atoms with Gasteiger partial charge in [0, 0.05) is 5.56 Å². The van der Waals surface area contributed by atoms with Crippen LogP contribution < -0.4 is 4.74 Å². The number of rotatable bonds is 3. The predicted molar refractivity (Wildman–Crippen MR) is 65.3 cm³/mol. The molecule has 0 saturated carbocycles. The highest BCUT2D eigenvalue weighted by Crippen LogP contribution is 2.32. The first kappa shape index (κ1) is 13.9. The third-order valence-electron chi connectivity index (χ3n) is 2.74. The molecule has 1 N–H and O–H groups in total. The van der Waals surface area contributed by atoms with Gasteiger partial charge in [0.05, 0.1) is 12.7 Å². The third-order valence-corrected chi connectivity index (χ3v) is 2.74. The Bertz CT molecular complexity index is 660. The van der Waals surface area contributed by atoms with Crippen molar-refractivity contribution in [3.8, 4) is 16.9 Å². The summed E-state index contributed by atoms with van der Waals surface area (Å²) in [4.78, 5) is 10.9.